The first-order valence-electron chi connectivity index (χ1n) is 9.47. The minimum absolute atomic E-state index is 0.0276. The molecule has 1 atom stereocenters. The molecule has 29 heavy (non-hydrogen) atoms. The topological polar surface area (TPSA) is 82.8 Å². The van der Waals surface area contributed by atoms with Crippen LogP contribution in [-0.2, 0) is 13.1 Å². The summed E-state index contributed by atoms with van der Waals surface area (Å²) in [7, 11) is 0. The molecule has 7 heteroatoms. The Morgan fingerprint density at radius 2 is 1.97 bits per heavy atom. The van der Waals surface area contributed by atoms with Gasteiger partial charge >= 0.3 is 0 Å². The van der Waals surface area contributed by atoms with E-state index in [4.69, 9.17) is 16.0 Å². The summed E-state index contributed by atoms with van der Waals surface area (Å²) in [5, 5.41) is 13.4. The summed E-state index contributed by atoms with van der Waals surface area (Å²) in [5.41, 5.74) is 1.87. The van der Waals surface area contributed by atoms with Gasteiger partial charge in [-0.05, 0) is 41.8 Å². The number of amides is 1. The second-order valence-corrected chi connectivity index (χ2v) is 7.73. The van der Waals surface area contributed by atoms with E-state index in [-0.39, 0.29) is 23.6 Å². The lowest BCUT2D eigenvalue weighted by Crippen LogP contribution is -2.28. The number of nitrogens with one attached hydrogen (secondary N) is 1. The molecule has 3 aromatic rings. The average molecular weight is 413 g/mol. The molecular formula is C22H21ClN2O4. The van der Waals surface area contributed by atoms with Crippen LogP contribution in [0.5, 0.6) is 0 Å². The lowest BCUT2D eigenvalue weighted by molar-refractivity contribution is 0.0948. The highest BCUT2D eigenvalue weighted by atomic mass is 35.5. The van der Waals surface area contributed by atoms with E-state index in [0.717, 1.165) is 24.1 Å². The quantitative estimate of drug-likeness (QED) is 0.673. The van der Waals surface area contributed by atoms with Gasteiger partial charge in [-0.2, -0.15) is 0 Å². The fourth-order valence-corrected chi connectivity index (χ4v) is 3.65. The first-order chi connectivity index (χ1) is 14.0. The number of aliphatic hydroxyl groups excluding tert-OH is 1. The molecule has 1 unspecified atom stereocenters. The van der Waals surface area contributed by atoms with Crippen molar-refractivity contribution in [2.45, 2.75) is 25.6 Å². The van der Waals surface area contributed by atoms with Crippen molar-refractivity contribution < 1.29 is 14.3 Å². The third-order valence-corrected chi connectivity index (χ3v) is 5.35. The predicted octanol–water partition coefficient (Wildman–Crippen LogP) is 2.94. The Bertz CT molecular complexity index is 1090. The normalized spacial score (nSPS) is 17.0. The first-order valence-corrected chi connectivity index (χ1v) is 9.85. The maximum atomic E-state index is 12.9. The SMILES string of the molecule is O=C(NCc1ccc(Cl)cc1)c1coc2ccc(CN3CCC(O)C3)cc2c1=O. The van der Waals surface area contributed by atoms with Crippen molar-refractivity contribution in [3.8, 4) is 0 Å². The molecule has 150 valence electrons. The van der Waals surface area contributed by atoms with Gasteiger partial charge in [-0.15, -0.1) is 0 Å². The van der Waals surface area contributed by atoms with Crippen LogP contribution in [0.4, 0.5) is 0 Å². The minimum Gasteiger partial charge on any atom is -0.463 e. The fourth-order valence-electron chi connectivity index (χ4n) is 3.53. The highest BCUT2D eigenvalue weighted by molar-refractivity contribution is 6.30. The van der Waals surface area contributed by atoms with Gasteiger partial charge in [-0.3, -0.25) is 14.5 Å². The van der Waals surface area contributed by atoms with E-state index in [9.17, 15) is 14.7 Å². The number of likely N-dealkylation sites (tertiary alicyclic amines) is 1. The van der Waals surface area contributed by atoms with Crippen LogP contribution in [0.3, 0.4) is 0 Å². The molecule has 0 aliphatic carbocycles. The van der Waals surface area contributed by atoms with Crippen LogP contribution in [0.2, 0.25) is 5.02 Å². The zero-order valence-electron chi connectivity index (χ0n) is 15.7. The molecular weight excluding hydrogens is 392 g/mol. The van der Waals surface area contributed by atoms with Crippen LogP contribution in [0.1, 0.15) is 27.9 Å². The van der Waals surface area contributed by atoms with Gasteiger partial charge in [0.1, 0.15) is 17.4 Å². The molecule has 4 rings (SSSR count). The second kappa shape index (κ2) is 8.37. The number of rotatable bonds is 5. The number of hydrogen-bond acceptors (Lipinski definition) is 5. The number of carbonyl (C=O) groups is 1. The molecule has 0 radical (unpaired) electrons. The monoisotopic (exact) mass is 412 g/mol. The van der Waals surface area contributed by atoms with Crippen molar-refractivity contribution in [2.24, 2.45) is 0 Å². The van der Waals surface area contributed by atoms with E-state index >= 15 is 0 Å². The predicted molar refractivity (Wildman–Crippen MR) is 111 cm³/mol. The number of halogens is 1. The third kappa shape index (κ3) is 4.50. The number of hydrogen-bond donors (Lipinski definition) is 2. The van der Waals surface area contributed by atoms with Crippen LogP contribution in [0.15, 0.2) is 57.9 Å². The molecule has 1 aromatic heterocycles. The van der Waals surface area contributed by atoms with Crippen LogP contribution in [0.25, 0.3) is 11.0 Å². The Balaban J connectivity index is 1.53. The number of benzene rings is 2. The third-order valence-electron chi connectivity index (χ3n) is 5.10. The van der Waals surface area contributed by atoms with Gasteiger partial charge in [0, 0.05) is 31.2 Å². The molecule has 0 bridgehead atoms. The van der Waals surface area contributed by atoms with Crippen LogP contribution in [-0.4, -0.2) is 35.1 Å². The second-order valence-electron chi connectivity index (χ2n) is 7.30. The summed E-state index contributed by atoms with van der Waals surface area (Å²) in [4.78, 5) is 27.5. The smallest absolute Gasteiger partial charge is 0.258 e. The maximum absolute atomic E-state index is 12.9. The van der Waals surface area contributed by atoms with E-state index in [1.807, 2.05) is 18.2 Å². The van der Waals surface area contributed by atoms with Crippen molar-refractivity contribution in [1.29, 1.82) is 0 Å². The summed E-state index contributed by atoms with van der Waals surface area (Å²) in [6.07, 6.45) is 1.67. The van der Waals surface area contributed by atoms with Crippen molar-refractivity contribution in [3.63, 3.8) is 0 Å². The Hall–Kier alpha value is -2.67. The molecule has 0 saturated carbocycles. The molecule has 1 aliphatic heterocycles. The molecule has 2 aromatic carbocycles. The highest BCUT2D eigenvalue weighted by Gasteiger charge is 2.20. The summed E-state index contributed by atoms with van der Waals surface area (Å²) in [5.74, 6) is -0.483. The Morgan fingerprint density at radius 3 is 2.69 bits per heavy atom. The number of aliphatic hydroxyl groups is 1. The largest absolute Gasteiger partial charge is 0.463 e. The summed E-state index contributed by atoms with van der Waals surface area (Å²) >= 11 is 5.86. The number of carbonyl (C=O) groups excluding carboxylic acids is 1. The molecule has 2 N–H and O–H groups in total. The van der Waals surface area contributed by atoms with Gasteiger partial charge in [-0.1, -0.05) is 29.8 Å². The molecule has 2 heterocycles. The van der Waals surface area contributed by atoms with Crippen molar-refractivity contribution in [2.75, 3.05) is 13.1 Å². The standard InChI is InChI=1S/C22H21ClN2O4/c23-16-4-1-14(2-5-16)10-24-22(28)19-13-29-20-6-3-15(9-18(20)21(19)27)11-25-8-7-17(26)12-25/h1-6,9,13,17,26H,7-8,10-12H2,(H,24,28). The van der Waals surface area contributed by atoms with E-state index in [1.165, 1.54) is 6.26 Å². The maximum Gasteiger partial charge on any atom is 0.258 e. The van der Waals surface area contributed by atoms with E-state index in [1.54, 1.807) is 24.3 Å². The van der Waals surface area contributed by atoms with Crippen LogP contribution >= 0.6 is 11.6 Å². The van der Waals surface area contributed by atoms with Crippen molar-refractivity contribution in [3.05, 3.63) is 80.7 Å². The van der Waals surface area contributed by atoms with Gasteiger partial charge < -0.3 is 14.8 Å². The highest BCUT2D eigenvalue weighted by Crippen LogP contribution is 2.18. The Morgan fingerprint density at radius 1 is 1.21 bits per heavy atom. The van der Waals surface area contributed by atoms with Crippen LogP contribution in [0, 0.1) is 0 Å². The summed E-state index contributed by atoms with van der Waals surface area (Å²) < 4.78 is 5.52. The van der Waals surface area contributed by atoms with E-state index in [2.05, 4.69) is 10.2 Å². The Labute approximate surface area is 172 Å². The zero-order valence-corrected chi connectivity index (χ0v) is 16.5. The minimum atomic E-state index is -0.483. The van der Waals surface area contributed by atoms with E-state index < -0.39 is 5.91 Å². The molecule has 1 saturated heterocycles. The zero-order chi connectivity index (χ0) is 20.4. The fraction of sp³-hybridized carbons (Fsp3) is 0.273. The van der Waals surface area contributed by atoms with Gasteiger partial charge in [-0.25, -0.2) is 0 Å². The van der Waals surface area contributed by atoms with Crippen molar-refractivity contribution in [1.82, 2.24) is 10.2 Å². The lowest BCUT2D eigenvalue weighted by Gasteiger charge is -2.15. The van der Waals surface area contributed by atoms with Gasteiger partial charge in [0.05, 0.1) is 11.5 Å². The summed E-state index contributed by atoms with van der Waals surface area (Å²) in [6, 6.07) is 12.5. The molecule has 0 spiro atoms. The molecule has 1 fully saturated rings. The van der Waals surface area contributed by atoms with Crippen LogP contribution < -0.4 is 10.7 Å². The first kappa shape index (κ1) is 19.6. The van der Waals surface area contributed by atoms with Crippen molar-refractivity contribution >= 4 is 28.5 Å². The number of fused-ring (bicyclic) bond motifs is 1. The van der Waals surface area contributed by atoms with Gasteiger partial charge in [0.15, 0.2) is 0 Å². The van der Waals surface area contributed by atoms with E-state index in [0.29, 0.717) is 29.1 Å². The molecule has 1 aliphatic rings. The lowest BCUT2D eigenvalue weighted by atomic mass is 10.1. The Kier molecular flexibility index (Phi) is 5.67. The molecule has 1 amide bonds. The average Bonchev–Trinajstić information content (AvgIpc) is 3.12. The number of β-amino-alcohol motifs (C(OH)–C–C–N with tert-alkyl or cyclic N) is 1. The summed E-state index contributed by atoms with van der Waals surface area (Å²) in [6.45, 7) is 2.37. The van der Waals surface area contributed by atoms with Gasteiger partial charge in [0.2, 0.25) is 5.43 Å². The number of nitrogens with zero attached hydrogens (tertiary/aromatic N) is 1. The van der Waals surface area contributed by atoms with Gasteiger partial charge in [0.25, 0.3) is 5.91 Å². The molecule has 6 nitrogen and oxygen atoms in total.